The van der Waals surface area contributed by atoms with E-state index in [4.69, 9.17) is 5.73 Å². The molecule has 2 rings (SSSR count). The molecule has 1 aliphatic rings. The number of hydrogen-bond donors (Lipinski definition) is 1. The number of halogens is 2. The fraction of sp³-hybridized carbons (Fsp3) is 0.500. The van der Waals surface area contributed by atoms with E-state index in [1.165, 1.54) is 4.31 Å². The van der Waals surface area contributed by atoms with Crippen molar-refractivity contribution in [3.63, 3.8) is 0 Å². The summed E-state index contributed by atoms with van der Waals surface area (Å²) in [5.41, 5.74) is 5.85. The Kier molecular flexibility index (Phi) is 4.72. The molecule has 0 radical (unpaired) electrons. The van der Waals surface area contributed by atoms with Crippen LogP contribution in [0.5, 0.6) is 0 Å². The van der Waals surface area contributed by atoms with E-state index in [0.29, 0.717) is 22.5 Å². The summed E-state index contributed by atoms with van der Waals surface area (Å²) in [5.74, 6) is 0.240. The maximum atomic E-state index is 12.6. The minimum absolute atomic E-state index is 0.0218. The van der Waals surface area contributed by atoms with Gasteiger partial charge in [0.05, 0.1) is 4.90 Å². The molecule has 0 spiro atoms. The smallest absolute Gasteiger partial charge is 0.244 e. The first-order valence-corrected chi connectivity index (χ1v) is 9.06. The molecule has 0 amide bonds. The van der Waals surface area contributed by atoms with Crippen molar-refractivity contribution in [1.82, 2.24) is 4.31 Å². The van der Waals surface area contributed by atoms with E-state index in [0.717, 1.165) is 10.9 Å². The van der Waals surface area contributed by atoms with Crippen LogP contribution >= 0.6 is 31.9 Å². The molecule has 2 N–H and O–H groups in total. The molecule has 106 valence electrons. The summed E-state index contributed by atoms with van der Waals surface area (Å²) in [4.78, 5) is 0.307. The first kappa shape index (κ1) is 15.4. The molecule has 1 fully saturated rings. The van der Waals surface area contributed by atoms with Crippen LogP contribution in [0.3, 0.4) is 0 Å². The molecule has 2 atom stereocenters. The predicted molar refractivity (Wildman–Crippen MR) is 82.4 cm³/mol. The van der Waals surface area contributed by atoms with Gasteiger partial charge in [-0.2, -0.15) is 4.31 Å². The highest BCUT2D eigenvalue weighted by atomic mass is 79.9. The van der Waals surface area contributed by atoms with Crippen molar-refractivity contribution in [2.24, 2.45) is 11.7 Å². The van der Waals surface area contributed by atoms with Gasteiger partial charge < -0.3 is 5.73 Å². The molecule has 1 saturated heterocycles. The minimum Gasteiger partial charge on any atom is -0.328 e. The van der Waals surface area contributed by atoms with Crippen molar-refractivity contribution in [3.05, 3.63) is 27.1 Å². The van der Waals surface area contributed by atoms with Gasteiger partial charge in [-0.15, -0.1) is 0 Å². The van der Waals surface area contributed by atoms with Crippen LogP contribution in [0.1, 0.15) is 13.3 Å². The lowest BCUT2D eigenvalue weighted by Crippen LogP contribution is -2.33. The van der Waals surface area contributed by atoms with Gasteiger partial charge in [0.2, 0.25) is 10.0 Å². The molecule has 2 unspecified atom stereocenters. The third-order valence-corrected chi connectivity index (χ3v) is 6.78. The quantitative estimate of drug-likeness (QED) is 0.831. The summed E-state index contributed by atoms with van der Waals surface area (Å²) in [6.07, 6.45) is 0.824. The summed E-state index contributed by atoms with van der Waals surface area (Å²) < 4.78 is 28.1. The Labute approximate surface area is 130 Å². The van der Waals surface area contributed by atoms with Crippen LogP contribution in [0.2, 0.25) is 0 Å². The molecule has 1 aromatic carbocycles. The molecule has 1 aromatic rings. The lowest BCUT2D eigenvalue weighted by Gasteiger charge is -2.19. The molecule has 4 nitrogen and oxygen atoms in total. The zero-order valence-electron chi connectivity index (χ0n) is 10.5. The Morgan fingerprint density at radius 3 is 2.63 bits per heavy atom. The second-order valence-corrected chi connectivity index (χ2v) is 8.52. The zero-order chi connectivity index (χ0) is 14.2. The van der Waals surface area contributed by atoms with Gasteiger partial charge in [0, 0.05) is 28.1 Å². The second kappa shape index (κ2) is 5.81. The van der Waals surface area contributed by atoms with Gasteiger partial charge >= 0.3 is 0 Å². The Hall–Kier alpha value is 0.0500. The summed E-state index contributed by atoms with van der Waals surface area (Å²) >= 11 is 6.63. The molecule has 1 heterocycles. The van der Waals surface area contributed by atoms with Gasteiger partial charge in [0.1, 0.15) is 0 Å². The molecular formula is C12H16Br2N2O2S. The highest BCUT2D eigenvalue weighted by Crippen LogP contribution is 2.31. The molecule has 0 saturated carbocycles. The van der Waals surface area contributed by atoms with Crippen LogP contribution in [0.15, 0.2) is 32.0 Å². The molecule has 0 bridgehead atoms. The van der Waals surface area contributed by atoms with Crippen molar-refractivity contribution in [2.75, 3.05) is 13.1 Å². The fourth-order valence-electron chi connectivity index (χ4n) is 2.22. The number of hydrogen-bond acceptors (Lipinski definition) is 3. The highest BCUT2D eigenvalue weighted by molar-refractivity contribution is 9.11. The monoisotopic (exact) mass is 410 g/mol. The van der Waals surface area contributed by atoms with Crippen LogP contribution in [-0.4, -0.2) is 31.9 Å². The van der Waals surface area contributed by atoms with E-state index < -0.39 is 10.0 Å². The van der Waals surface area contributed by atoms with Crippen molar-refractivity contribution in [1.29, 1.82) is 0 Å². The average Bonchev–Trinajstić information content (AvgIpc) is 2.78. The fourth-order valence-corrected chi connectivity index (χ4v) is 5.44. The van der Waals surface area contributed by atoms with E-state index in [2.05, 4.69) is 31.9 Å². The van der Waals surface area contributed by atoms with E-state index in [9.17, 15) is 8.42 Å². The Bertz CT molecular complexity index is 575. The molecule has 7 heteroatoms. The van der Waals surface area contributed by atoms with Crippen molar-refractivity contribution < 1.29 is 8.42 Å². The van der Waals surface area contributed by atoms with Gasteiger partial charge in [-0.1, -0.05) is 15.9 Å². The van der Waals surface area contributed by atoms with Gasteiger partial charge in [0.15, 0.2) is 0 Å². The number of benzene rings is 1. The topological polar surface area (TPSA) is 63.4 Å². The van der Waals surface area contributed by atoms with Crippen LogP contribution in [0.25, 0.3) is 0 Å². The third-order valence-electron chi connectivity index (χ3n) is 3.44. The van der Waals surface area contributed by atoms with Gasteiger partial charge in [-0.25, -0.2) is 8.42 Å². The minimum atomic E-state index is -3.44. The van der Waals surface area contributed by atoms with E-state index >= 15 is 0 Å². The van der Waals surface area contributed by atoms with E-state index in [-0.39, 0.29) is 12.0 Å². The van der Waals surface area contributed by atoms with Crippen molar-refractivity contribution in [3.8, 4) is 0 Å². The maximum Gasteiger partial charge on any atom is 0.244 e. The van der Waals surface area contributed by atoms with Gasteiger partial charge in [0.25, 0.3) is 0 Å². The largest absolute Gasteiger partial charge is 0.328 e. The molecule has 0 aromatic heterocycles. The molecule has 0 aliphatic carbocycles. The lowest BCUT2D eigenvalue weighted by atomic mass is 10.0. The lowest BCUT2D eigenvalue weighted by molar-refractivity contribution is 0.429. The average molecular weight is 412 g/mol. The summed E-state index contributed by atoms with van der Waals surface area (Å²) in [5, 5.41) is 0. The SMILES string of the molecule is CC(N)C1CCN(S(=O)(=O)c2ccc(Br)cc2Br)C1. The zero-order valence-corrected chi connectivity index (χ0v) is 14.5. The number of sulfonamides is 1. The summed E-state index contributed by atoms with van der Waals surface area (Å²) in [6, 6.07) is 5.11. The molecule has 19 heavy (non-hydrogen) atoms. The Balaban J connectivity index is 2.29. The number of nitrogens with zero attached hydrogens (tertiary/aromatic N) is 1. The van der Waals surface area contributed by atoms with Crippen molar-refractivity contribution in [2.45, 2.75) is 24.3 Å². The highest BCUT2D eigenvalue weighted by Gasteiger charge is 2.34. The van der Waals surface area contributed by atoms with Crippen LogP contribution in [0.4, 0.5) is 0 Å². The maximum absolute atomic E-state index is 12.6. The predicted octanol–water partition coefficient (Wildman–Crippen LogP) is 2.57. The number of rotatable bonds is 3. The van der Waals surface area contributed by atoms with E-state index in [1.807, 2.05) is 6.92 Å². The Morgan fingerprint density at radius 1 is 1.42 bits per heavy atom. The van der Waals surface area contributed by atoms with Crippen LogP contribution in [0, 0.1) is 5.92 Å². The van der Waals surface area contributed by atoms with Gasteiger partial charge in [-0.3, -0.25) is 0 Å². The first-order valence-electron chi connectivity index (χ1n) is 6.03. The Morgan fingerprint density at radius 2 is 2.11 bits per heavy atom. The van der Waals surface area contributed by atoms with Gasteiger partial charge in [-0.05, 0) is 53.4 Å². The second-order valence-electron chi connectivity index (χ2n) is 4.85. The molecular weight excluding hydrogens is 396 g/mol. The number of nitrogens with two attached hydrogens (primary N) is 1. The summed E-state index contributed by atoms with van der Waals surface area (Å²) in [7, 11) is -3.44. The van der Waals surface area contributed by atoms with Crippen LogP contribution < -0.4 is 5.73 Å². The van der Waals surface area contributed by atoms with Crippen LogP contribution in [-0.2, 0) is 10.0 Å². The summed E-state index contributed by atoms with van der Waals surface area (Å²) in [6.45, 7) is 2.97. The third kappa shape index (κ3) is 3.21. The van der Waals surface area contributed by atoms with Crippen molar-refractivity contribution >= 4 is 41.9 Å². The first-order chi connectivity index (χ1) is 8.82. The normalized spacial score (nSPS) is 22.6. The van der Waals surface area contributed by atoms with E-state index in [1.54, 1.807) is 18.2 Å². The molecule has 1 aliphatic heterocycles. The standard InChI is InChI=1S/C12H16Br2N2O2S/c1-8(15)9-4-5-16(7-9)19(17,18)12-3-2-10(13)6-11(12)14/h2-3,6,8-9H,4-5,7,15H2,1H3.